The van der Waals surface area contributed by atoms with Crippen molar-refractivity contribution in [2.75, 3.05) is 8.15 Å². The first-order valence-electron chi connectivity index (χ1n) is 14.2. The summed E-state index contributed by atoms with van der Waals surface area (Å²) in [7, 11) is -15.3. The fourth-order valence-corrected chi connectivity index (χ4v) is 13.3. The Morgan fingerprint density at radius 2 is 0.915 bits per heavy atom. The van der Waals surface area contributed by atoms with E-state index < -0.39 is 27.7 Å². The molecule has 6 aromatic carbocycles. The van der Waals surface area contributed by atoms with Crippen LogP contribution >= 0.6 is 39.5 Å². The van der Waals surface area contributed by atoms with E-state index in [2.05, 4.69) is 31.9 Å². The van der Waals surface area contributed by atoms with E-state index in [-0.39, 0.29) is 21.2 Å². The largest absolute Gasteiger partial charge is 0.422 e. The normalized spacial score (nSPS) is 14.6. The monoisotopic (exact) mass is 810 g/mol. The number of halogens is 2. The quantitative estimate of drug-likeness (QED) is 0.178. The van der Waals surface area contributed by atoms with E-state index in [9.17, 15) is 21.7 Å². The molecule has 1 heterocycles. The molecule has 0 aliphatic carbocycles. The van der Waals surface area contributed by atoms with Gasteiger partial charge in [0.2, 0.25) is 0 Å². The van der Waals surface area contributed by atoms with Crippen LogP contribution in [0.15, 0.2) is 128 Å². The molecule has 0 unspecified atom stereocenters. The van der Waals surface area contributed by atoms with Crippen LogP contribution in [0.4, 0.5) is 11.4 Å². The lowest BCUT2D eigenvalue weighted by atomic mass is 9.91. The van der Waals surface area contributed by atoms with Gasteiger partial charge in [0.15, 0.2) is 0 Å². The van der Waals surface area contributed by atoms with Gasteiger partial charge in [-0.15, -0.1) is 0 Å². The second kappa shape index (κ2) is 11.3. The van der Waals surface area contributed by atoms with E-state index in [0.717, 1.165) is 20.1 Å². The molecule has 6 aromatic rings. The molecule has 8 nitrogen and oxygen atoms in total. The minimum absolute atomic E-state index is 0.135. The summed E-state index contributed by atoms with van der Waals surface area (Å²) in [5, 5.41) is 2.52. The average molecular weight is 812 g/mol. The molecule has 1 aliphatic heterocycles. The van der Waals surface area contributed by atoms with E-state index >= 15 is 4.57 Å². The highest BCUT2D eigenvalue weighted by molar-refractivity contribution is 9.10. The van der Waals surface area contributed by atoms with Crippen molar-refractivity contribution in [3.05, 3.63) is 129 Å². The number of nitrogens with zero attached hydrogens (tertiary/aromatic N) is 2. The highest BCUT2D eigenvalue weighted by atomic mass is 79.9. The lowest BCUT2D eigenvalue weighted by Gasteiger charge is -2.34. The molecule has 47 heavy (non-hydrogen) atoms. The first-order chi connectivity index (χ1) is 22.2. The molecule has 1 N–H and O–H groups in total. The summed E-state index contributed by atoms with van der Waals surface area (Å²) in [6, 6.07) is 28.7. The van der Waals surface area contributed by atoms with E-state index in [0.29, 0.717) is 40.8 Å². The van der Waals surface area contributed by atoms with E-state index in [1.807, 2.05) is 12.1 Å². The summed E-state index contributed by atoms with van der Waals surface area (Å²) in [6.07, 6.45) is 0. The van der Waals surface area contributed by atoms with Gasteiger partial charge >= 0.3 is 7.67 Å². The van der Waals surface area contributed by atoms with Crippen molar-refractivity contribution in [2.24, 2.45) is 0 Å². The number of hydrogen-bond acceptors (Lipinski definition) is 5. The van der Waals surface area contributed by atoms with Crippen molar-refractivity contribution < 1.29 is 26.3 Å². The highest BCUT2D eigenvalue weighted by Gasteiger charge is 2.53. The predicted molar refractivity (Wildman–Crippen MR) is 194 cm³/mol. The van der Waals surface area contributed by atoms with Gasteiger partial charge < -0.3 is 4.89 Å². The molecular formula is C34H25Br2N2O6PS2. The van der Waals surface area contributed by atoms with Gasteiger partial charge in [0.25, 0.3) is 20.0 Å². The Bertz CT molecular complexity index is 2370. The lowest BCUT2D eigenvalue weighted by molar-refractivity contribution is 0.479. The second-order valence-electron chi connectivity index (χ2n) is 11.3. The number of hydrogen-bond donors (Lipinski definition) is 1. The molecule has 7 rings (SSSR count). The Balaban J connectivity index is 1.70. The van der Waals surface area contributed by atoms with Crippen LogP contribution in [0, 0.1) is 13.8 Å². The Labute approximate surface area is 289 Å². The molecular weight excluding hydrogens is 787 g/mol. The maximum absolute atomic E-state index is 15.2. The molecule has 0 radical (unpaired) electrons. The minimum Gasteiger partial charge on any atom is -0.312 e. The van der Waals surface area contributed by atoms with Crippen LogP contribution in [0.25, 0.3) is 32.7 Å². The molecule has 238 valence electrons. The molecule has 0 fully saturated rings. The number of benzene rings is 6. The number of anilines is 2. The molecule has 13 heteroatoms. The van der Waals surface area contributed by atoms with Crippen LogP contribution in [0.3, 0.4) is 0 Å². The zero-order valence-corrected chi connectivity index (χ0v) is 30.5. The van der Waals surface area contributed by atoms with E-state index in [4.69, 9.17) is 0 Å². The van der Waals surface area contributed by atoms with Crippen LogP contribution in [0.1, 0.15) is 11.1 Å². The molecule has 0 amide bonds. The maximum Gasteiger partial charge on any atom is 0.422 e. The number of sulfonamides is 2. The van der Waals surface area contributed by atoms with Crippen molar-refractivity contribution in [3.8, 4) is 11.1 Å². The number of aryl methyl sites for hydroxylation is 2. The average Bonchev–Trinajstić information content (AvgIpc) is 3.10. The minimum atomic E-state index is -5.62. The van der Waals surface area contributed by atoms with Crippen LogP contribution in [-0.2, 0) is 24.6 Å². The predicted octanol–water partition coefficient (Wildman–Crippen LogP) is 9.31. The lowest BCUT2D eigenvalue weighted by Crippen LogP contribution is -2.38. The van der Waals surface area contributed by atoms with Crippen molar-refractivity contribution in [3.63, 3.8) is 0 Å². The van der Waals surface area contributed by atoms with E-state index in [1.165, 1.54) is 36.4 Å². The Morgan fingerprint density at radius 3 is 1.28 bits per heavy atom. The van der Waals surface area contributed by atoms with Gasteiger partial charge in [-0.25, -0.2) is 21.4 Å². The molecule has 0 spiro atoms. The van der Waals surface area contributed by atoms with Gasteiger partial charge in [0.05, 0.1) is 21.2 Å². The van der Waals surface area contributed by atoms with Crippen LogP contribution in [0.2, 0.25) is 0 Å². The third kappa shape index (κ3) is 5.13. The second-order valence-corrected chi connectivity index (χ2v) is 19.1. The SMILES string of the molecule is Cc1ccc(S(=O)(=O)N2c3ccc4cc(Br)ccc4c3-c3c(ccc4cc(Br)ccc34)N(S(=O)(=O)c3ccc(C)cc3)P2(=O)O)cc1. The molecule has 0 bridgehead atoms. The number of fused-ring (bicyclic) bond motifs is 7. The van der Waals surface area contributed by atoms with Gasteiger partial charge in [0, 0.05) is 20.1 Å². The Hall–Kier alpha value is -3.51. The summed E-state index contributed by atoms with van der Waals surface area (Å²) in [5.74, 6) is 0. The van der Waals surface area contributed by atoms with Gasteiger partial charge in [-0.05, 0) is 96.1 Å². The first-order valence-corrected chi connectivity index (χ1v) is 20.3. The topological polar surface area (TPSA) is 112 Å². The van der Waals surface area contributed by atoms with Gasteiger partial charge in [0.1, 0.15) is 0 Å². The third-order valence-electron chi connectivity index (χ3n) is 8.15. The third-order valence-corrected chi connectivity index (χ3v) is 16.1. The van der Waals surface area contributed by atoms with Crippen molar-refractivity contribution in [1.29, 1.82) is 0 Å². The van der Waals surface area contributed by atoms with Crippen LogP contribution in [-0.4, -0.2) is 21.7 Å². The smallest absolute Gasteiger partial charge is 0.312 e. The summed E-state index contributed by atoms with van der Waals surface area (Å²) in [4.78, 5) is 11.8. The molecule has 0 atom stereocenters. The van der Waals surface area contributed by atoms with Crippen molar-refractivity contribution in [1.82, 2.24) is 0 Å². The van der Waals surface area contributed by atoms with E-state index in [1.54, 1.807) is 74.5 Å². The summed E-state index contributed by atoms with van der Waals surface area (Å²) >= 11 is 7.01. The van der Waals surface area contributed by atoms with Crippen LogP contribution < -0.4 is 8.15 Å². The fraction of sp³-hybridized carbons (Fsp3) is 0.0588. The maximum atomic E-state index is 15.2. The van der Waals surface area contributed by atoms with Gasteiger partial charge in [-0.2, -0.15) is 8.15 Å². The molecule has 0 aromatic heterocycles. The zero-order chi connectivity index (χ0) is 33.5. The zero-order valence-electron chi connectivity index (χ0n) is 24.8. The fourth-order valence-electron chi connectivity index (χ4n) is 5.94. The van der Waals surface area contributed by atoms with Crippen molar-refractivity contribution >= 4 is 92.5 Å². The molecule has 0 saturated carbocycles. The standard InChI is InChI=1S/C34H25Br2N2O6PS2/c1-21-3-11-27(12-4-21)46(41,42)37-31-17-7-23-19-25(35)9-15-29(23)33(31)34-30-16-10-26(36)20-24(30)8-18-32(34)38(45(37,39)40)47(43,44)28-13-5-22(2)6-14-28/h3-20H,1-2H3,(H,39,40). The summed E-state index contributed by atoms with van der Waals surface area (Å²) in [6.45, 7) is 3.57. The summed E-state index contributed by atoms with van der Waals surface area (Å²) < 4.78 is 76.3. The van der Waals surface area contributed by atoms with Crippen molar-refractivity contribution in [2.45, 2.75) is 23.6 Å². The Morgan fingerprint density at radius 1 is 0.553 bits per heavy atom. The number of rotatable bonds is 4. The highest BCUT2D eigenvalue weighted by Crippen LogP contribution is 2.65. The Kier molecular flexibility index (Phi) is 7.70. The molecule has 0 saturated heterocycles. The first kappa shape index (κ1) is 32.1. The van der Waals surface area contributed by atoms with Gasteiger partial charge in [-0.1, -0.05) is 91.5 Å². The van der Waals surface area contributed by atoms with Crippen LogP contribution in [0.5, 0.6) is 0 Å². The summed E-state index contributed by atoms with van der Waals surface area (Å²) in [5.41, 5.74) is 1.87. The molecule has 1 aliphatic rings. The van der Waals surface area contributed by atoms with Gasteiger partial charge in [-0.3, -0.25) is 0 Å².